The summed E-state index contributed by atoms with van der Waals surface area (Å²) >= 11 is 9.59. The van der Waals surface area contributed by atoms with Crippen molar-refractivity contribution in [2.75, 3.05) is 36.8 Å². The quantitative estimate of drug-likeness (QED) is 0.0909. The molecule has 0 saturated heterocycles. The van der Waals surface area contributed by atoms with Gasteiger partial charge in [0.15, 0.2) is 0 Å². The number of fused-ring (bicyclic) bond motifs is 4. The second-order valence-electron chi connectivity index (χ2n) is 26.9. The number of aromatic nitrogens is 6. The average Bonchev–Trinajstić information content (AvgIpc) is 1.62. The second kappa shape index (κ2) is 29.9. The van der Waals surface area contributed by atoms with Gasteiger partial charge in [-0.25, -0.2) is 39.1 Å². The SMILES string of the molecule is CC(C)N(CCC(=O)Nc1sc2c(c1-c1nc3cc(-n4ccnc4)ccc3s1)CCN(C(=O)OC(C)(C)C)C2)C(=O)OC(C)(C)C.CC(C)N(CCC(=O)Nc1sc2c(c1-c1nc3cc(Br)ccc3s1)CCN(C(=O)OC(C)(C)C)C2)C(=O)OC(C)(C)C.c1c[nH]cn1. The van der Waals surface area contributed by atoms with E-state index in [2.05, 4.69) is 41.5 Å². The maximum Gasteiger partial charge on any atom is 0.410 e. The zero-order chi connectivity index (χ0) is 67.9. The molecule has 22 nitrogen and oxygen atoms in total. The van der Waals surface area contributed by atoms with Crippen LogP contribution in [0.15, 0.2) is 78.3 Å². The van der Waals surface area contributed by atoms with Crippen molar-refractivity contribution in [1.29, 1.82) is 0 Å². The minimum absolute atomic E-state index is 0.0948. The van der Waals surface area contributed by atoms with Crippen LogP contribution in [0.5, 0.6) is 0 Å². The molecule has 0 fully saturated rings. The highest BCUT2D eigenvalue weighted by Crippen LogP contribution is 2.48. The van der Waals surface area contributed by atoms with E-state index in [4.69, 9.17) is 28.9 Å². The lowest BCUT2D eigenvalue weighted by molar-refractivity contribution is -0.117. The van der Waals surface area contributed by atoms with E-state index in [1.165, 1.54) is 22.7 Å². The third-order valence-corrected chi connectivity index (χ3v) is 18.8. The third-order valence-electron chi connectivity index (χ3n) is 13.9. The molecule has 93 heavy (non-hydrogen) atoms. The second-order valence-corrected chi connectivity index (χ2v) is 32.1. The maximum atomic E-state index is 13.4. The van der Waals surface area contributed by atoms with Crippen molar-refractivity contribution in [2.45, 2.75) is 184 Å². The van der Waals surface area contributed by atoms with Crippen molar-refractivity contribution in [2.24, 2.45) is 0 Å². The number of rotatable bonds is 13. The van der Waals surface area contributed by atoms with Crippen molar-refractivity contribution >= 4 is 128 Å². The van der Waals surface area contributed by atoms with E-state index in [1.54, 1.807) is 73.5 Å². The van der Waals surface area contributed by atoms with Gasteiger partial charge in [0.2, 0.25) is 11.8 Å². The fourth-order valence-corrected chi connectivity index (χ4v) is 14.9. The summed E-state index contributed by atoms with van der Waals surface area (Å²) in [5.41, 5.74) is 4.17. The Hall–Kier alpha value is -7.46. The monoisotopic (exact) mass is 1410 g/mol. The number of imidazole rings is 2. The number of nitrogens with one attached hydrogen (secondary N) is 3. The Bertz CT molecular complexity index is 3900. The summed E-state index contributed by atoms with van der Waals surface area (Å²) in [5, 5.41) is 9.24. The largest absolute Gasteiger partial charge is 0.444 e. The highest BCUT2D eigenvalue weighted by molar-refractivity contribution is 9.10. The smallest absolute Gasteiger partial charge is 0.410 e. The summed E-state index contributed by atoms with van der Waals surface area (Å²) < 4.78 is 27.3. The van der Waals surface area contributed by atoms with E-state index < -0.39 is 34.6 Å². The Morgan fingerprint density at radius 2 is 1.05 bits per heavy atom. The highest BCUT2D eigenvalue weighted by atomic mass is 79.9. The molecule has 0 bridgehead atoms. The zero-order valence-corrected chi connectivity index (χ0v) is 60.6. The molecular formula is C66H85BrN12O10S4. The van der Waals surface area contributed by atoms with Crippen molar-refractivity contribution in [1.82, 2.24) is 49.1 Å². The topological polar surface area (TPSA) is 249 Å². The molecule has 10 rings (SSSR count). The molecule has 2 aliphatic rings. The van der Waals surface area contributed by atoms with Gasteiger partial charge in [0, 0.05) is 107 Å². The van der Waals surface area contributed by atoms with Gasteiger partial charge in [-0.2, -0.15) is 0 Å². The number of thiazole rings is 2. The number of hydrogen-bond donors (Lipinski definition) is 3. The van der Waals surface area contributed by atoms with Gasteiger partial charge in [0.05, 0.1) is 46.2 Å². The lowest BCUT2D eigenvalue weighted by Gasteiger charge is -2.30. The molecule has 2 aliphatic heterocycles. The average molecular weight is 1410 g/mol. The molecule has 8 aromatic rings. The molecule has 2 aromatic carbocycles. The van der Waals surface area contributed by atoms with Crippen LogP contribution in [-0.4, -0.2) is 146 Å². The van der Waals surface area contributed by atoms with Gasteiger partial charge in [-0.3, -0.25) is 9.59 Å². The minimum Gasteiger partial charge on any atom is -0.444 e. The molecule has 500 valence electrons. The first-order chi connectivity index (χ1) is 43.6. The van der Waals surface area contributed by atoms with E-state index in [-0.39, 0.29) is 62.0 Å². The number of ether oxygens (including phenoxy) is 4. The van der Waals surface area contributed by atoms with E-state index in [9.17, 15) is 28.8 Å². The summed E-state index contributed by atoms with van der Waals surface area (Å²) in [6.07, 6.45) is 10.3. The van der Waals surface area contributed by atoms with Crippen LogP contribution in [0.25, 0.3) is 47.3 Å². The van der Waals surface area contributed by atoms with Crippen LogP contribution >= 0.6 is 61.3 Å². The number of carbonyl (C=O) groups excluding carboxylic acids is 6. The molecule has 0 spiro atoms. The van der Waals surface area contributed by atoms with Crippen molar-refractivity contribution in [3.8, 4) is 26.8 Å². The van der Waals surface area contributed by atoms with Crippen LogP contribution in [0.1, 0.15) is 145 Å². The summed E-state index contributed by atoms with van der Waals surface area (Å²) in [7, 11) is 0. The standard InChI is InChI=1S/C33H42N6O5S2.C30H39BrN4O5S2.C3H4N2/c1-20(2)39(31(42)44-33(6,7)8)15-12-26(40)36-29-27(22-11-14-37(18-25(22)46-29)30(41)43-32(3,4)5)28-35-23-17-21(9-10-24(23)45-28)38-16-13-34-19-38;1-17(2)35(28(38)40-30(6,7)8)14-12-23(36)33-26-24(25-32-20-15-18(31)9-10-21(20)41-25)19-11-13-34(16-22(19)42-26)27(37)39-29(3,4)5;1-2-5-3-4-1/h9-10,13,16-17,19-20H,11-12,14-15,18H2,1-8H3,(H,36,40);9-10,15,17H,11-14,16H2,1-8H3,(H,33,36);1-3H,(H,4,5). The number of amides is 6. The van der Waals surface area contributed by atoms with Gasteiger partial charge < -0.3 is 58.7 Å². The number of carbonyl (C=O) groups is 6. The van der Waals surface area contributed by atoms with Crippen LogP contribution in [0.4, 0.5) is 29.2 Å². The van der Waals surface area contributed by atoms with Crippen LogP contribution in [0, 0.1) is 0 Å². The van der Waals surface area contributed by atoms with E-state index in [0.717, 1.165) is 72.6 Å². The molecule has 0 saturated carbocycles. The van der Waals surface area contributed by atoms with Gasteiger partial charge in [-0.15, -0.1) is 45.3 Å². The van der Waals surface area contributed by atoms with Gasteiger partial charge >= 0.3 is 24.4 Å². The number of nitrogens with zero attached hydrogens (tertiary/aromatic N) is 9. The lowest BCUT2D eigenvalue weighted by atomic mass is 10.0. The van der Waals surface area contributed by atoms with Crippen molar-refractivity contribution < 1.29 is 47.7 Å². The number of anilines is 2. The normalized spacial score (nSPS) is 13.3. The molecule has 6 amide bonds. The number of hydrogen-bond acceptors (Lipinski definition) is 18. The summed E-state index contributed by atoms with van der Waals surface area (Å²) in [4.78, 5) is 107. The first-order valence-corrected chi connectivity index (χ1v) is 34.9. The number of thiophene rings is 2. The molecule has 0 radical (unpaired) electrons. The third kappa shape index (κ3) is 19.8. The van der Waals surface area contributed by atoms with Gasteiger partial charge in [0.25, 0.3) is 0 Å². The van der Waals surface area contributed by atoms with Crippen molar-refractivity contribution in [3.63, 3.8) is 0 Å². The summed E-state index contributed by atoms with van der Waals surface area (Å²) in [6.45, 7) is 31.8. The predicted molar refractivity (Wildman–Crippen MR) is 373 cm³/mol. The van der Waals surface area contributed by atoms with E-state index >= 15 is 0 Å². The highest BCUT2D eigenvalue weighted by Gasteiger charge is 2.35. The molecule has 8 heterocycles. The lowest BCUT2D eigenvalue weighted by Crippen LogP contribution is -2.42. The Labute approximate surface area is 567 Å². The summed E-state index contributed by atoms with van der Waals surface area (Å²) in [5.74, 6) is -0.432. The number of benzene rings is 2. The molecule has 0 unspecified atom stereocenters. The van der Waals surface area contributed by atoms with E-state index in [0.29, 0.717) is 49.0 Å². The van der Waals surface area contributed by atoms with Crippen LogP contribution in [-0.2, 0) is 54.5 Å². The maximum absolute atomic E-state index is 13.4. The van der Waals surface area contributed by atoms with Crippen LogP contribution < -0.4 is 10.6 Å². The van der Waals surface area contributed by atoms with E-state index in [1.807, 2.05) is 158 Å². The minimum atomic E-state index is -0.638. The fraction of sp³-hybridized carbons (Fsp3) is 0.485. The Morgan fingerprint density at radius 1 is 0.602 bits per heavy atom. The number of halogens is 1. The number of aromatic amines is 1. The molecule has 0 aliphatic carbocycles. The molecule has 27 heteroatoms. The Kier molecular flexibility index (Phi) is 22.9. The fourth-order valence-electron chi connectivity index (χ4n) is 9.80. The molecule has 3 N–H and O–H groups in total. The first kappa shape index (κ1) is 71.4. The zero-order valence-electron chi connectivity index (χ0n) is 55.8. The van der Waals surface area contributed by atoms with Crippen LogP contribution in [0.3, 0.4) is 0 Å². The Morgan fingerprint density at radius 3 is 1.44 bits per heavy atom. The van der Waals surface area contributed by atoms with Crippen molar-refractivity contribution in [3.05, 3.63) is 99.2 Å². The predicted octanol–water partition coefficient (Wildman–Crippen LogP) is 15.9. The molecule has 0 atom stereocenters. The molecule has 6 aromatic heterocycles. The Balaban J connectivity index is 0.000000223. The first-order valence-electron chi connectivity index (χ1n) is 30.8. The molecular weight excluding hydrogens is 1330 g/mol. The van der Waals surface area contributed by atoms with Gasteiger partial charge in [0.1, 0.15) is 42.4 Å². The summed E-state index contributed by atoms with van der Waals surface area (Å²) in [6, 6.07) is 11.8. The van der Waals surface area contributed by atoms with Crippen LogP contribution in [0.2, 0.25) is 0 Å². The van der Waals surface area contributed by atoms with Gasteiger partial charge in [-0.1, -0.05) is 15.9 Å². The van der Waals surface area contributed by atoms with Gasteiger partial charge in [-0.05, 0) is 171 Å². The number of H-pyrrole nitrogens is 1.